The van der Waals surface area contributed by atoms with E-state index in [2.05, 4.69) is 13.8 Å². The van der Waals surface area contributed by atoms with E-state index in [0.29, 0.717) is 31.1 Å². The highest BCUT2D eigenvalue weighted by Crippen LogP contribution is 2.64. The van der Waals surface area contributed by atoms with Crippen molar-refractivity contribution in [2.24, 2.45) is 40.4 Å². The van der Waals surface area contributed by atoms with Gasteiger partial charge in [-0.25, -0.2) is 0 Å². The van der Waals surface area contributed by atoms with Crippen molar-refractivity contribution in [3.63, 3.8) is 0 Å². The zero-order valence-corrected chi connectivity index (χ0v) is 20.9. The first kappa shape index (κ1) is 23.2. The van der Waals surface area contributed by atoms with Crippen molar-refractivity contribution in [3.05, 3.63) is 0 Å². The third-order valence-electron chi connectivity index (χ3n) is 10.5. The maximum atomic E-state index is 13.8. The van der Waals surface area contributed by atoms with Gasteiger partial charge in [-0.1, -0.05) is 27.2 Å². The lowest BCUT2D eigenvalue weighted by Gasteiger charge is -2.43. The highest BCUT2D eigenvalue weighted by Gasteiger charge is 2.76. The van der Waals surface area contributed by atoms with E-state index in [0.717, 1.165) is 25.2 Å². The SMILES string of the molecule is CCC(C)(C)C(=O)OC1C2CC3C1OC(=O)C3(C(=O)OC(CC)(CC)C1CC3CCC1C3)C2. The fraction of sp³-hybridized carbons (Fsp3) is 0.889. The summed E-state index contributed by atoms with van der Waals surface area (Å²) in [5.74, 6) is 0.399. The van der Waals surface area contributed by atoms with Crippen molar-refractivity contribution in [1.29, 1.82) is 0 Å². The molecule has 0 spiro atoms. The number of hydrogen-bond donors (Lipinski definition) is 0. The Balaban J connectivity index is 1.35. The second-order valence-electron chi connectivity index (χ2n) is 12.2. The molecule has 5 fully saturated rings. The highest BCUT2D eigenvalue weighted by atomic mass is 16.6. The van der Waals surface area contributed by atoms with Crippen molar-refractivity contribution in [2.45, 2.75) is 110 Å². The quantitative estimate of drug-likeness (QED) is 0.293. The molecule has 0 amide bonds. The molecule has 0 radical (unpaired) electrons. The number of rotatable bonds is 8. The molecule has 8 unspecified atom stereocenters. The summed E-state index contributed by atoms with van der Waals surface area (Å²) in [4.78, 5) is 39.7. The van der Waals surface area contributed by atoms with Crippen LogP contribution in [0.15, 0.2) is 0 Å². The monoisotopic (exact) mass is 460 g/mol. The fourth-order valence-corrected chi connectivity index (χ4v) is 8.02. The lowest BCUT2D eigenvalue weighted by atomic mass is 9.71. The molecule has 8 atom stereocenters. The molecule has 6 heteroatoms. The Morgan fingerprint density at radius 3 is 2.33 bits per heavy atom. The van der Waals surface area contributed by atoms with Crippen LogP contribution in [0.5, 0.6) is 0 Å². The van der Waals surface area contributed by atoms with Crippen LogP contribution in [0.3, 0.4) is 0 Å². The Labute approximate surface area is 197 Å². The smallest absolute Gasteiger partial charge is 0.324 e. The van der Waals surface area contributed by atoms with E-state index in [1.165, 1.54) is 19.3 Å². The second kappa shape index (κ2) is 7.71. The van der Waals surface area contributed by atoms with E-state index in [1.807, 2.05) is 20.8 Å². The van der Waals surface area contributed by atoms with Crippen molar-refractivity contribution >= 4 is 17.9 Å². The predicted molar refractivity (Wildman–Crippen MR) is 121 cm³/mol. The number of ether oxygens (including phenoxy) is 3. The molecular formula is C27H40O6. The Morgan fingerprint density at radius 1 is 1.03 bits per heavy atom. The summed E-state index contributed by atoms with van der Waals surface area (Å²) in [6.07, 6.45) is 7.22. The molecule has 4 saturated carbocycles. The summed E-state index contributed by atoms with van der Waals surface area (Å²) in [6.45, 7) is 9.93. The molecule has 4 aliphatic carbocycles. The maximum absolute atomic E-state index is 13.8. The van der Waals surface area contributed by atoms with Gasteiger partial charge in [-0.3, -0.25) is 14.4 Å². The molecule has 0 N–H and O–H groups in total. The summed E-state index contributed by atoms with van der Waals surface area (Å²) in [7, 11) is 0. The molecule has 6 nitrogen and oxygen atoms in total. The fourth-order valence-electron chi connectivity index (χ4n) is 8.02. The van der Waals surface area contributed by atoms with Crippen LogP contribution in [-0.4, -0.2) is 35.7 Å². The van der Waals surface area contributed by atoms with Crippen LogP contribution in [0, 0.1) is 40.4 Å². The third kappa shape index (κ3) is 3.14. The van der Waals surface area contributed by atoms with Gasteiger partial charge in [0, 0.05) is 17.8 Å². The number of carbonyl (C=O) groups is 3. The summed E-state index contributed by atoms with van der Waals surface area (Å²) in [6, 6.07) is 0. The van der Waals surface area contributed by atoms with Crippen molar-refractivity contribution in [3.8, 4) is 0 Å². The maximum Gasteiger partial charge on any atom is 0.324 e. The molecule has 0 aromatic rings. The van der Waals surface area contributed by atoms with E-state index in [1.54, 1.807) is 0 Å². The number of carbonyl (C=O) groups excluding carboxylic acids is 3. The van der Waals surface area contributed by atoms with Crippen LogP contribution in [-0.2, 0) is 28.6 Å². The van der Waals surface area contributed by atoms with Gasteiger partial charge in [0.15, 0.2) is 5.41 Å². The molecule has 1 saturated heterocycles. The van der Waals surface area contributed by atoms with Gasteiger partial charge < -0.3 is 14.2 Å². The van der Waals surface area contributed by atoms with Gasteiger partial charge in [0.1, 0.15) is 17.8 Å². The van der Waals surface area contributed by atoms with Gasteiger partial charge in [0.25, 0.3) is 0 Å². The van der Waals surface area contributed by atoms with Crippen LogP contribution >= 0.6 is 0 Å². The number of fused-ring (bicyclic) bond motifs is 3. The standard InChI is InChI=1S/C27H40O6/c1-6-25(4,5)22(28)31-20-17-13-19-21(20)32-23(29)27(19,14-17)24(30)33-26(7-2,8-3)18-12-15-9-10-16(18)11-15/h15-21H,6-14H2,1-5H3. The molecule has 5 aliphatic rings. The number of esters is 3. The molecule has 33 heavy (non-hydrogen) atoms. The first-order valence-electron chi connectivity index (χ1n) is 13.3. The minimum absolute atomic E-state index is 0.0317. The van der Waals surface area contributed by atoms with Gasteiger partial charge in [-0.05, 0) is 77.0 Å². The van der Waals surface area contributed by atoms with Gasteiger partial charge in [-0.15, -0.1) is 0 Å². The van der Waals surface area contributed by atoms with Crippen molar-refractivity contribution in [2.75, 3.05) is 0 Å². The molecule has 5 rings (SSSR count). The minimum atomic E-state index is -1.22. The summed E-state index contributed by atoms with van der Waals surface area (Å²) < 4.78 is 18.1. The average Bonchev–Trinajstić information content (AvgIpc) is 3.60. The van der Waals surface area contributed by atoms with E-state index in [9.17, 15) is 14.4 Å². The van der Waals surface area contributed by atoms with E-state index >= 15 is 0 Å². The first-order chi connectivity index (χ1) is 15.6. The van der Waals surface area contributed by atoms with Crippen LogP contribution in [0.4, 0.5) is 0 Å². The largest absolute Gasteiger partial charge is 0.458 e. The van der Waals surface area contributed by atoms with E-state index < -0.39 is 34.6 Å². The molecular weight excluding hydrogens is 420 g/mol. The average molecular weight is 461 g/mol. The zero-order valence-electron chi connectivity index (χ0n) is 20.9. The third-order valence-corrected chi connectivity index (χ3v) is 10.5. The summed E-state index contributed by atoms with van der Waals surface area (Å²) >= 11 is 0. The second-order valence-corrected chi connectivity index (χ2v) is 12.2. The lowest BCUT2D eigenvalue weighted by molar-refractivity contribution is -0.187. The van der Waals surface area contributed by atoms with Crippen LogP contribution < -0.4 is 0 Å². The van der Waals surface area contributed by atoms with Crippen LogP contribution in [0.25, 0.3) is 0 Å². The Hall–Kier alpha value is -1.59. The minimum Gasteiger partial charge on any atom is -0.458 e. The summed E-state index contributed by atoms with van der Waals surface area (Å²) in [5, 5.41) is 0. The molecule has 4 bridgehead atoms. The molecule has 0 aromatic carbocycles. The first-order valence-corrected chi connectivity index (χ1v) is 13.3. The lowest BCUT2D eigenvalue weighted by Crippen LogP contribution is -2.51. The Bertz CT molecular complexity index is 844. The Morgan fingerprint density at radius 2 is 1.76 bits per heavy atom. The van der Waals surface area contributed by atoms with Gasteiger partial charge in [-0.2, -0.15) is 0 Å². The van der Waals surface area contributed by atoms with E-state index in [-0.39, 0.29) is 23.8 Å². The van der Waals surface area contributed by atoms with E-state index in [4.69, 9.17) is 14.2 Å². The summed E-state index contributed by atoms with van der Waals surface area (Å²) in [5.41, 5.74) is -2.29. The van der Waals surface area contributed by atoms with Crippen LogP contribution in [0.1, 0.15) is 92.4 Å². The van der Waals surface area contributed by atoms with Crippen LogP contribution in [0.2, 0.25) is 0 Å². The molecule has 1 heterocycles. The normalized spacial score (nSPS) is 40.9. The van der Waals surface area contributed by atoms with Crippen molar-refractivity contribution in [1.82, 2.24) is 0 Å². The number of hydrogen-bond acceptors (Lipinski definition) is 6. The topological polar surface area (TPSA) is 78.9 Å². The molecule has 184 valence electrons. The van der Waals surface area contributed by atoms with Gasteiger partial charge >= 0.3 is 17.9 Å². The zero-order chi connectivity index (χ0) is 23.8. The van der Waals surface area contributed by atoms with Crippen molar-refractivity contribution < 1.29 is 28.6 Å². The Kier molecular flexibility index (Phi) is 5.41. The highest BCUT2D eigenvalue weighted by molar-refractivity contribution is 6.03. The predicted octanol–water partition coefficient (Wildman–Crippen LogP) is 4.82. The van der Waals surface area contributed by atoms with Gasteiger partial charge in [0.05, 0.1) is 5.41 Å². The molecule has 0 aromatic heterocycles. The molecule has 1 aliphatic heterocycles. The van der Waals surface area contributed by atoms with Gasteiger partial charge in [0.2, 0.25) is 0 Å².